The van der Waals surface area contributed by atoms with E-state index in [0.29, 0.717) is 23.6 Å². The second kappa shape index (κ2) is 7.16. The summed E-state index contributed by atoms with van der Waals surface area (Å²) in [6.07, 6.45) is 3.65. The molecule has 1 amide bonds. The molecule has 0 spiro atoms. The van der Waals surface area contributed by atoms with Crippen LogP contribution >= 0.6 is 0 Å². The smallest absolute Gasteiger partial charge is 0.260 e. The van der Waals surface area contributed by atoms with Gasteiger partial charge in [-0.1, -0.05) is 0 Å². The maximum atomic E-state index is 13.1. The number of pyridine rings is 1. The van der Waals surface area contributed by atoms with E-state index in [1.807, 2.05) is 42.1 Å². The molecule has 156 valence electrons. The number of fused-ring (bicyclic) bond motifs is 1. The summed E-state index contributed by atoms with van der Waals surface area (Å²) in [5.41, 5.74) is 4.68. The highest BCUT2D eigenvalue weighted by atomic mass is 16.5. The summed E-state index contributed by atoms with van der Waals surface area (Å²) >= 11 is 0. The predicted octanol–water partition coefficient (Wildman–Crippen LogP) is 4.19. The molecule has 3 heterocycles. The number of ether oxygens (including phenoxy) is 2. The molecule has 1 aliphatic heterocycles. The van der Waals surface area contributed by atoms with Crippen molar-refractivity contribution in [3.8, 4) is 22.8 Å². The number of aryl methyl sites for hydroxylation is 1. The molecule has 0 bridgehead atoms. The number of hydrogen-bond acceptors (Lipinski definition) is 5. The van der Waals surface area contributed by atoms with Crippen LogP contribution < -0.4 is 14.4 Å². The Balaban J connectivity index is 1.70. The third-order valence-electron chi connectivity index (χ3n) is 5.31. The van der Waals surface area contributed by atoms with Gasteiger partial charge in [-0.3, -0.25) is 19.4 Å². The number of amides is 1. The lowest BCUT2D eigenvalue weighted by atomic mass is 10.0. The minimum Gasteiger partial charge on any atom is -0.493 e. The molecule has 0 radical (unpaired) electrons. The molecule has 4 rings (SSSR count). The average molecular weight is 406 g/mol. The van der Waals surface area contributed by atoms with Gasteiger partial charge in [0.05, 0.1) is 55.1 Å². The van der Waals surface area contributed by atoms with Crippen LogP contribution in [0.5, 0.6) is 11.5 Å². The fourth-order valence-electron chi connectivity index (χ4n) is 3.67. The van der Waals surface area contributed by atoms with Crippen molar-refractivity contribution in [2.45, 2.75) is 39.8 Å². The van der Waals surface area contributed by atoms with Crippen molar-refractivity contribution in [3.05, 3.63) is 53.5 Å². The fourth-order valence-corrected chi connectivity index (χ4v) is 3.67. The Bertz CT molecular complexity index is 1130. The molecule has 0 fully saturated rings. The normalized spacial score (nSPS) is 13.5. The van der Waals surface area contributed by atoms with Crippen LogP contribution in [0.15, 0.2) is 36.7 Å². The van der Waals surface area contributed by atoms with Gasteiger partial charge in [0.2, 0.25) is 0 Å². The van der Waals surface area contributed by atoms with Crippen molar-refractivity contribution in [1.29, 1.82) is 0 Å². The molecule has 2 aromatic heterocycles. The van der Waals surface area contributed by atoms with Crippen LogP contribution in [0, 0.1) is 6.92 Å². The van der Waals surface area contributed by atoms with Gasteiger partial charge in [-0.05, 0) is 57.5 Å². The van der Waals surface area contributed by atoms with Crippen molar-refractivity contribution in [2.24, 2.45) is 0 Å². The van der Waals surface area contributed by atoms with Gasteiger partial charge < -0.3 is 9.47 Å². The van der Waals surface area contributed by atoms with Gasteiger partial charge in [0, 0.05) is 11.8 Å². The minimum atomic E-state index is -0.150. The van der Waals surface area contributed by atoms with Crippen LogP contribution in [0.1, 0.15) is 42.4 Å². The zero-order valence-electron chi connectivity index (χ0n) is 18.2. The molecule has 1 aliphatic rings. The molecule has 0 unspecified atom stereocenters. The first-order valence-electron chi connectivity index (χ1n) is 9.83. The molecule has 1 aromatic carbocycles. The second-order valence-corrected chi connectivity index (χ2v) is 8.42. The molecule has 0 aliphatic carbocycles. The number of methoxy groups -OCH3 is 2. The monoisotopic (exact) mass is 406 g/mol. The first-order chi connectivity index (χ1) is 14.2. The number of aromatic nitrogens is 3. The van der Waals surface area contributed by atoms with E-state index in [1.54, 1.807) is 25.3 Å². The number of benzene rings is 1. The quantitative estimate of drug-likeness (QED) is 0.650. The van der Waals surface area contributed by atoms with E-state index in [-0.39, 0.29) is 11.4 Å². The van der Waals surface area contributed by atoms with E-state index >= 15 is 0 Å². The molecule has 30 heavy (non-hydrogen) atoms. The van der Waals surface area contributed by atoms with Gasteiger partial charge in [-0.15, -0.1) is 0 Å². The highest BCUT2D eigenvalue weighted by Gasteiger charge is 2.33. The number of anilines is 1. The highest BCUT2D eigenvalue weighted by Crippen LogP contribution is 2.35. The predicted molar refractivity (Wildman–Crippen MR) is 115 cm³/mol. The lowest BCUT2D eigenvalue weighted by Gasteiger charge is -2.19. The molecule has 7 nitrogen and oxygen atoms in total. The Hall–Kier alpha value is -3.35. The summed E-state index contributed by atoms with van der Waals surface area (Å²) in [6, 6.07) is 7.64. The lowest BCUT2D eigenvalue weighted by Crippen LogP contribution is -2.24. The Morgan fingerprint density at radius 1 is 1.07 bits per heavy atom. The number of hydrogen-bond donors (Lipinski definition) is 0. The number of nitrogens with zero attached hydrogens (tertiary/aromatic N) is 4. The maximum Gasteiger partial charge on any atom is 0.260 e. The molecular weight excluding hydrogens is 380 g/mol. The van der Waals surface area contributed by atoms with Crippen molar-refractivity contribution < 1.29 is 14.3 Å². The molecule has 3 aromatic rings. The Labute approximate surface area is 176 Å². The van der Waals surface area contributed by atoms with E-state index in [9.17, 15) is 4.79 Å². The highest BCUT2D eigenvalue weighted by molar-refractivity contribution is 6.10. The zero-order valence-corrected chi connectivity index (χ0v) is 18.2. The Morgan fingerprint density at radius 2 is 1.80 bits per heavy atom. The topological polar surface area (TPSA) is 69.5 Å². The second-order valence-electron chi connectivity index (χ2n) is 8.42. The maximum absolute atomic E-state index is 13.1. The van der Waals surface area contributed by atoms with Crippen LogP contribution in [0.2, 0.25) is 0 Å². The van der Waals surface area contributed by atoms with Crippen LogP contribution in [0.25, 0.3) is 11.3 Å². The van der Waals surface area contributed by atoms with Gasteiger partial charge in [0.15, 0.2) is 11.5 Å². The van der Waals surface area contributed by atoms with Crippen LogP contribution in [0.4, 0.5) is 5.69 Å². The van der Waals surface area contributed by atoms with Crippen LogP contribution in [-0.4, -0.2) is 34.9 Å². The SMILES string of the molecule is COc1ccc(-c2cc(C)c3c(n2)CN(c2cnn(C(C)(C)C)c2)C3=O)cc1OC. The van der Waals surface area contributed by atoms with Gasteiger partial charge in [0.25, 0.3) is 5.91 Å². The molecule has 0 saturated heterocycles. The van der Waals surface area contributed by atoms with E-state index in [0.717, 1.165) is 28.2 Å². The van der Waals surface area contributed by atoms with Gasteiger partial charge in [-0.2, -0.15) is 5.10 Å². The minimum absolute atomic E-state index is 0.0395. The molecule has 0 N–H and O–H groups in total. The summed E-state index contributed by atoms with van der Waals surface area (Å²) < 4.78 is 12.6. The summed E-state index contributed by atoms with van der Waals surface area (Å²) in [5, 5.41) is 4.43. The summed E-state index contributed by atoms with van der Waals surface area (Å²) in [5.74, 6) is 1.26. The summed E-state index contributed by atoms with van der Waals surface area (Å²) in [7, 11) is 3.22. The number of carbonyl (C=O) groups is 1. The Kier molecular flexibility index (Phi) is 4.76. The van der Waals surface area contributed by atoms with Crippen LogP contribution in [0.3, 0.4) is 0 Å². The third kappa shape index (κ3) is 3.30. The summed E-state index contributed by atoms with van der Waals surface area (Å²) in [6.45, 7) is 8.60. The van der Waals surface area contributed by atoms with Gasteiger partial charge in [0.1, 0.15) is 0 Å². The van der Waals surface area contributed by atoms with Crippen molar-refractivity contribution >= 4 is 11.6 Å². The average Bonchev–Trinajstić information content (AvgIpc) is 3.32. The first kappa shape index (κ1) is 19.9. The van der Waals surface area contributed by atoms with Crippen molar-refractivity contribution in [3.63, 3.8) is 0 Å². The largest absolute Gasteiger partial charge is 0.493 e. The third-order valence-corrected chi connectivity index (χ3v) is 5.31. The standard InChI is InChI=1S/C23H26N4O3/c1-14-9-17(15-7-8-19(29-5)20(10-15)30-6)25-18-13-26(22(28)21(14)18)16-11-24-27(12-16)23(2,3)4/h7-12H,13H2,1-6H3. The van der Waals surface area contributed by atoms with Crippen molar-refractivity contribution in [2.75, 3.05) is 19.1 Å². The van der Waals surface area contributed by atoms with E-state index in [2.05, 4.69) is 25.9 Å². The van der Waals surface area contributed by atoms with Gasteiger partial charge >= 0.3 is 0 Å². The van der Waals surface area contributed by atoms with Crippen LogP contribution in [-0.2, 0) is 12.1 Å². The summed E-state index contributed by atoms with van der Waals surface area (Å²) in [4.78, 5) is 19.7. The molecule has 7 heteroatoms. The van der Waals surface area contributed by atoms with Crippen molar-refractivity contribution in [1.82, 2.24) is 14.8 Å². The molecule has 0 atom stereocenters. The van der Waals surface area contributed by atoms with E-state index < -0.39 is 0 Å². The number of carbonyl (C=O) groups excluding carboxylic acids is 1. The Morgan fingerprint density at radius 3 is 2.43 bits per heavy atom. The molecular formula is C23H26N4O3. The van der Waals surface area contributed by atoms with E-state index in [4.69, 9.17) is 14.5 Å². The molecule has 0 saturated carbocycles. The van der Waals surface area contributed by atoms with E-state index in [1.165, 1.54) is 0 Å². The lowest BCUT2D eigenvalue weighted by molar-refractivity contribution is 0.0996. The zero-order chi connectivity index (χ0) is 21.6. The number of rotatable bonds is 4. The van der Waals surface area contributed by atoms with Gasteiger partial charge in [-0.25, -0.2) is 0 Å². The first-order valence-corrected chi connectivity index (χ1v) is 9.83. The fraction of sp³-hybridized carbons (Fsp3) is 0.348.